The maximum absolute atomic E-state index is 13.5. The summed E-state index contributed by atoms with van der Waals surface area (Å²) in [4.78, 5) is 43.6. The number of nitrogens with one attached hydrogen (secondary N) is 2. The minimum atomic E-state index is -0.880. The molecule has 11 heteroatoms. The highest BCUT2D eigenvalue weighted by Crippen LogP contribution is 2.39. The fraction of sp³-hybridized carbons (Fsp3) is 0.273. The van der Waals surface area contributed by atoms with Gasteiger partial charge in [-0.05, 0) is 49.2 Å². The van der Waals surface area contributed by atoms with Crippen molar-refractivity contribution in [3.8, 4) is 5.75 Å². The summed E-state index contributed by atoms with van der Waals surface area (Å²) in [5.41, 5.74) is 2.55. The number of ether oxygens (including phenoxy) is 1. The number of methoxy groups -OCH3 is 1. The van der Waals surface area contributed by atoms with Crippen LogP contribution in [-0.2, 0) is 16.1 Å². The first kappa shape index (κ1) is 24.3. The molecule has 1 heterocycles. The molecule has 0 bridgehead atoms. The van der Waals surface area contributed by atoms with Crippen molar-refractivity contribution < 1.29 is 24.3 Å². The number of H-pyrrole nitrogens is 1. The number of nitrogens with zero attached hydrogens (tertiary/aromatic N) is 1. The molecule has 1 amide bonds. The van der Waals surface area contributed by atoms with Gasteiger partial charge in [-0.15, -0.1) is 10.1 Å². The van der Waals surface area contributed by atoms with Gasteiger partial charge in [-0.1, -0.05) is 23.2 Å². The van der Waals surface area contributed by atoms with Gasteiger partial charge >= 0.3 is 0 Å². The normalized spacial score (nSPS) is 10.8. The smallest absolute Gasteiger partial charge is 0.294 e. The number of carbonyl (C=O) groups is 2. The Morgan fingerprint density at radius 1 is 1.21 bits per heavy atom. The number of amides is 1. The molecule has 0 saturated heterocycles. The molecule has 0 aliphatic heterocycles. The molecule has 0 fully saturated rings. The van der Waals surface area contributed by atoms with Gasteiger partial charge < -0.3 is 19.9 Å². The Bertz CT molecular complexity index is 1210. The lowest BCUT2D eigenvalue weighted by Crippen LogP contribution is -2.27. The minimum Gasteiger partial charge on any atom is -0.494 e. The minimum absolute atomic E-state index is 0.0202. The van der Waals surface area contributed by atoms with Gasteiger partial charge in [0.05, 0.1) is 30.7 Å². The molecule has 3 aromatic rings. The van der Waals surface area contributed by atoms with Crippen LogP contribution in [0, 0.1) is 17.0 Å². The summed E-state index contributed by atoms with van der Waals surface area (Å²) < 4.78 is 5.47. The van der Waals surface area contributed by atoms with Gasteiger partial charge in [0.25, 0.3) is 5.09 Å². The van der Waals surface area contributed by atoms with E-state index in [0.717, 1.165) is 0 Å². The number of aromatic nitrogens is 1. The lowest BCUT2D eigenvalue weighted by molar-refractivity contribution is -0.757. The molecule has 2 aromatic carbocycles. The monoisotopic (exact) mass is 493 g/mol. The molecule has 0 atom stereocenters. The summed E-state index contributed by atoms with van der Waals surface area (Å²) in [5.74, 6) is -0.422. The third-order valence-corrected chi connectivity index (χ3v) is 5.56. The first-order chi connectivity index (χ1) is 15.7. The second kappa shape index (κ2) is 10.5. The third-order valence-electron chi connectivity index (χ3n) is 5.03. The van der Waals surface area contributed by atoms with Crippen molar-refractivity contribution in [2.75, 3.05) is 20.3 Å². The number of benzene rings is 2. The average Bonchev–Trinajstić information content (AvgIpc) is 3.06. The first-order valence-electron chi connectivity index (χ1n) is 9.94. The zero-order valence-electron chi connectivity index (χ0n) is 17.9. The molecule has 174 valence electrons. The lowest BCUT2D eigenvalue weighted by atomic mass is 9.95. The topological polar surface area (TPSA) is 124 Å². The van der Waals surface area contributed by atoms with E-state index in [1.54, 1.807) is 37.3 Å². The van der Waals surface area contributed by atoms with Gasteiger partial charge in [-0.25, -0.2) is 0 Å². The quantitative estimate of drug-likeness (QED) is 0.188. The fourth-order valence-corrected chi connectivity index (χ4v) is 3.96. The van der Waals surface area contributed by atoms with Crippen LogP contribution in [0.1, 0.15) is 33.6 Å². The van der Waals surface area contributed by atoms with E-state index in [0.29, 0.717) is 32.7 Å². The van der Waals surface area contributed by atoms with E-state index in [1.807, 2.05) is 0 Å². The molecular weight excluding hydrogens is 473 g/mol. The molecule has 3 rings (SSSR count). The zero-order chi connectivity index (χ0) is 24.1. The Hall–Kier alpha value is -3.30. The zero-order valence-corrected chi connectivity index (χ0v) is 19.4. The number of halogens is 2. The first-order valence-corrected chi connectivity index (χ1v) is 10.7. The molecule has 0 saturated carbocycles. The molecule has 9 nitrogen and oxygen atoms in total. The predicted molar refractivity (Wildman–Crippen MR) is 124 cm³/mol. The fourth-order valence-electron chi connectivity index (χ4n) is 3.55. The van der Waals surface area contributed by atoms with Crippen LogP contribution >= 0.6 is 23.2 Å². The average molecular weight is 494 g/mol. The van der Waals surface area contributed by atoms with E-state index in [9.17, 15) is 19.7 Å². The molecule has 0 unspecified atom stereocenters. The van der Waals surface area contributed by atoms with Gasteiger partial charge in [-0.2, -0.15) is 0 Å². The second-order valence-corrected chi connectivity index (χ2v) is 8.03. The Labute approximate surface area is 199 Å². The molecule has 0 radical (unpaired) electrons. The van der Waals surface area contributed by atoms with Gasteiger partial charge in [-0.3, -0.25) is 9.59 Å². The van der Waals surface area contributed by atoms with Crippen molar-refractivity contribution in [1.29, 1.82) is 0 Å². The number of carbonyl (C=O) groups excluding carboxylic acids is 2. The van der Waals surface area contributed by atoms with E-state index >= 15 is 0 Å². The molecule has 0 aliphatic rings. The molecule has 0 aliphatic carbocycles. The SMILES string of the molecule is COc1c(Cl)cc2[nH]c(C)c(CC(=O)NCCCO[N+](=O)[O-])c2c1C(=O)c1ccc(Cl)cc1. The Kier molecular flexibility index (Phi) is 7.78. The lowest BCUT2D eigenvalue weighted by Gasteiger charge is -2.13. The van der Waals surface area contributed by atoms with E-state index in [1.165, 1.54) is 7.11 Å². The highest BCUT2D eigenvalue weighted by Gasteiger charge is 2.26. The van der Waals surface area contributed by atoms with Crippen LogP contribution in [0.2, 0.25) is 10.0 Å². The van der Waals surface area contributed by atoms with Gasteiger partial charge in [0.1, 0.15) is 5.75 Å². The largest absolute Gasteiger partial charge is 0.494 e. The third kappa shape index (κ3) is 5.55. The maximum Gasteiger partial charge on any atom is 0.294 e. The highest BCUT2D eigenvalue weighted by atomic mass is 35.5. The number of fused-ring (bicyclic) bond motifs is 1. The van der Waals surface area contributed by atoms with Crippen molar-refractivity contribution >= 4 is 45.8 Å². The Morgan fingerprint density at radius 2 is 1.91 bits per heavy atom. The number of rotatable bonds is 10. The van der Waals surface area contributed by atoms with Crippen LogP contribution in [0.5, 0.6) is 5.75 Å². The van der Waals surface area contributed by atoms with Crippen molar-refractivity contribution in [1.82, 2.24) is 10.3 Å². The van der Waals surface area contributed by atoms with Crippen molar-refractivity contribution in [2.24, 2.45) is 0 Å². The summed E-state index contributed by atoms with van der Waals surface area (Å²) in [7, 11) is 1.42. The van der Waals surface area contributed by atoms with Crippen LogP contribution < -0.4 is 10.1 Å². The summed E-state index contributed by atoms with van der Waals surface area (Å²) >= 11 is 12.4. The van der Waals surface area contributed by atoms with Crippen LogP contribution in [0.4, 0.5) is 0 Å². The van der Waals surface area contributed by atoms with Gasteiger partial charge in [0.2, 0.25) is 5.91 Å². The molecule has 1 aromatic heterocycles. The van der Waals surface area contributed by atoms with E-state index in [4.69, 9.17) is 27.9 Å². The molecule has 0 spiro atoms. The van der Waals surface area contributed by atoms with Crippen LogP contribution in [-0.4, -0.2) is 42.0 Å². The molecule has 2 N–H and O–H groups in total. The summed E-state index contributed by atoms with van der Waals surface area (Å²) in [6, 6.07) is 8.09. The summed E-state index contributed by atoms with van der Waals surface area (Å²) in [6.07, 6.45) is 0.261. The van der Waals surface area contributed by atoms with Crippen molar-refractivity contribution in [3.63, 3.8) is 0 Å². The van der Waals surface area contributed by atoms with E-state index in [2.05, 4.69) is 15.1 Å². The predicted octanol–water partition coefficient (Wildman–Crippen LogP) is 4.28. The number of ketones is 1. The Morgan fingerprint density at radius 3 is 2.55 bits per heavy atom. The maximum atomic E-state index is 13.5. The van der Waals surface area contributed by atoms with Crippen molar-refractivity contribution in [3.05, 3.63) is 72.9 Å². The van der Waals surface area contributed by atoms with Crippen LogP contribution in [0.15, 0.2) is 30.3 Å². The number of aromatic amines is 1. The van der Waals surface area contributed by atoms with Crippen molar-refractivity contribution in [2.45, 2.75) is 19.8 Å². The van der Waals surface area contributed by atoms with E-state index in [-0.39, 0.29) is 54.0 Å². The number of hydrogen-bond acceptors (Lipinski definition) is 6. The van der Waals surface area contributed by atoms with Crippen LogP contribution in [0.3, 0.4) is 0 Å². The second-order valence-electron chi connectivity index (χ2n) is 7.19. The Balaban J connectivity index is 1.97. The van der Waals surface area contributed by atoms with Gasteiger partial charge in [0.15, 0.2) is 5.78 Å². The summed E-state index contributed by atoms with van der Waals surface area (Å²) in [6.45, 7) is 1.89. The van der Waals surface area contributed by atoms with E-state index < -0.39 is 5.09 Å². The highest BCUT2D eigenvalue weighted by molar-refractivity contribution is 6.35. The molecular formula is C22H21Cl2N3O6. The number of hydrogen-bond donors (Lipinski definition) is 2. The van der Waals surface area contributed by atoms with Crippen LogP contribution in [0.25, 0.3) is 10.9 Å². The standard InChI is InChI=1S/C22H21Cl2N3O6/c1-12-15(10-18(28)25-8-3-9-33-27(30)31)19-17(26-12)11-16(24)22(32-2)20(19)21(29)13-4-6-14(23)7-5-13/h4-7,11,26H,3,8-10H2,1-2H3,(H,25,28). The summed E-state index contributed by atoms with van der Waals surface area (Å²) in [5, 5.41) is 13.3. The molecule has 33 heavy (non-hydrogen) atoms. The number of aryl methyl sites for hydroxylation is 1. The van der Waals surface area contributed by atoms with Gasteiger partial charge in [0, 0.05) is 33.7 Å².